The van der Waals surface area contributed by atoms with Crippen LogP contribution < -0.4 is 15.5 Å². The van der Waals surface area contributed by atoms with Gasteiger partial charge in [-0.15, -0.1) is 22.7 Å². The zero-order chi connectivity index (χ0) is 29.3. The molecule has 3 aromatic heterocycles. The highest BCUT2D eigenvalue weighted by molar-refractivity contribution is 7.22. The van der Waals surface area contributed by atoms with Crippen LogP contribution in [-0.4, -0.2) is 51.6 Å². The van der Waals surface area contributed by atoms with E-state index in [1.165, 1.54) is 28.7 Å². The second kappa shape index (κ2) is 11.3. The Morgan fingerprint density at radius 3 is 2.46 bits per heavy atom. The molecular weight excluding hydrogens is 562 g/mol. The van der Waals surface area contributed by atoms with Gasteiger partial charge >= 0.3 is 6.09 Å². The van der Waals surface area contributed by atoms with Gasteiger partial charge in [-0.1, -0.05) is 6.07 Å². The quantitative estimate of drug-likeness (QED) is 0.191. The van der Waals surface area contributed by atoms with Gasteiger partial charge in [0.25, 0.3) is 11.8 Å². The van der Waals surface area contributed by atoms with E-state index in [0.29, 0.717) is 36.1 Å². The molecule has 0 radical (unpaired) electrons. The van der Waals surface area contributed by atoms with E-state index in [0.717, 1.165) is 36.1 Å². The number of carbonyl (C=O) groups is 3. The van der Waals surface area contributed by atoms with Crippen LogP contribution in [-0.2, 0) is 14.3 Å². The van der Waals surface area contributed by atoms with E-state index < -0.39 is 23.5 Å². The number of thiophene rings is 2. The number of hydrazine groups is 1. The first kappa shape index (κ1) is 28.2. The summed E-state index contributed by atoms with van der Waals surface area (Å²) in [6, 6.07) is 11.5. The molecule has 212 valence electrons. The predicted octanol–water partition coefficient (Wildman–Crippen LogP) is 5.94. The van der Waals surface area contributed by atoms with Gasteiger partial charge in [-0.3, -0.25) is 15.0 Å². The maximum atomic E-state index is 12.6. The lowest BCUT2D eigenvalue weighted by Crippen LogP contribution is -2.36. The normalized spacial score (nSPS) is 13.5. The van der Waals surface area contributed by atoms with Crippen molar-refractivity contribution in [2.45, 2.75) is 40.2 Å². The molecule has 0 atom stereocenters. The second-order valence-corrected chi connectivity index (χ2v) is 12.3. The summed E-state index contributed by atoms with van der Waals surface area (Å²) in [5, 5.41) is 6.34. The molecule has 10 nitrogen and oxygen atoms in total. The van der Waals surface area contributed by atoms with Crippen LogP contribution in [0.5, 0.6) is 5.75 Å². The number of fused-ring (bicyclic) bond motifs is 1. The van der Waals surface area contributed by atoms with Gasteiger partial charge in [-0.05, 0) is 81.5 Å². The van der Waals surface area contributed by atoms with Crippen molar-refractivity contribution in [3.63, 3.8) is 0 Å². The lowest BCUT2D eigenvalue weighted by Gasteiger charge is -2.19. The molecule has 0 aliphatic carbocycles. The topological polar surface area (TPSA) is 123 Å². The molecule has 2 N–H and O–H groups in total. The van der Waals surface area contributed by atoms with E-state index in [9.17, 15) is 14.4 Å². The molecule has 0 saturated heterocycles. The van der Waals surface area contributed by atoms with Gasteiger partial charge in [-0.25, -0.2) is 14.8 Å². The molecular formula is C29H29N5O5S2. The number of alkyl carbamates (subject to hydrolysis) is 1. The van der Waals surface area contributed by atoms with Crippen LogP contribution in [0.4, 0.5) is 10.6 Å². The second-order valence-electron chi connectivity index (χ2n) is 10.3. The maximum Gasteiger partial charge on any atom is 0.407 e. The Balaban J connectivity index is 1.38. The highest BCUT2D eigenvalue weighted by Gasteiger charge is 2.30. The van der Waals surface area contributed by atoms with Crippen molar-refractivity contribution in [1.82, 2.24) is 20.3 Å². The molecule has 1 aliphatic heterocycles. The molecule has 41 heavy (non-hydrogen) atoms. The number of amides is 3. The third-order valence-corrected chi connectivity index (χ3v) is 8.11. The molecule has 0 unspecified atom stereocenters. The van der Waals surface area contributed by atoms with E-state index in [1.54, 1.807) is 6.92 Å². The lowest BCUT2D eigenvalue weighted by molar-refractivity contribution is -0.135. The van der Waals surface area contributed by atoms with Gasteiger partial charge in [0.05, 0.1) is 16.8 Å². The summed E-state index contributed by atoms with van der Waals surface area (Å²) in [6.45, 7) is 9.60. The highest BCUT2D eigenvalue weighted by Crippen LogP contribution is 2.42. The van der Waals surface area contributed by atoms with Gasteiger partial charge in [-0.2, -0.15) is 5.01 Å². The van der Waals surface area contributed by atoms with Crippen LogP contribution in [0.2, 0.25) is 0 Å². The molecule has 0 bridgehead atoms. The number of nitrogens with zero attached hydrogens (tertiary/aromatic N) is 3. The molecule has 4 heterocycles. The number of imide groups is 1. The smallest absolute Gasteiger partial charge is 0.407 e. The predicted molar refractivity (Wildman–Crippen MR) is 160 cm³/mol. The molecule has 4 aromatic rings. The van der Waals surface area contributed by atoms with Crippen molar-refractivity contribution in [2.75, 3.05) is 18.6 Å². The number of nitrogens with one attached hydrogen (secondary N) is 2. The Hall–Kier alpha value is -4.29. The molecule has 1 aliphatic rings. The zero-order valence-corrected chi connectivity index (χ0v) is 24.9. The minimum absolute atomic E-state index is 0.291. The first-order chi connectivity index (χ1) is 19.5. The Morgan fingerprint density at radius 2 is 1.83 bits per heavy atom. The Bertz CT molecular complexity index is 1650. The molecule has 0 spiro atoms. The van der Waals surface area contributed by atoms with E-state index in [1.807, 2.05) is 69.5 Å². The Labute approximate surface area is 245 Å². The van der Waals surface area contributed by atoms with Crippen LogP contribution in [0.3, 0.4) is 0 Å². The van der Waals surface area contributed by atoms with Crippen LogP contribution in [0.15, 0.2) is 53.4 Å². The summed E-state index contributed by atoms with van der Waals surface area (Å²) in [5.74, 6) is 0.705. The van der Waals surface area contributed by atoms with Crippen molar-refractivity contribution in [1.29, 1.82) is 0 Å². The fourth-order valence-electron chi connectivity index (χ4n) is 4.15. The van der Waals surface area contributed by atoms with Crippen LogP contribution in [0, 0.1) is 6.92 Å². The van der Waals surface area contributed by atoms with Crippen LogP contribution >= 0.6 is 22.7 Å². The largest absolute Gasteiger partial charge is 0.492 e. The third-order valence-electron chi connectivity index (χ3n) is 6.01. The summed E-state index contributed by atoms with van der Waals surface area (Å²) in [7, 11) is 0. The van der Waals surface area contributed by atoms with E-state index >= 15 is 0 Å². The molecule has 12 heteroatoms. The van der Waals surface area contributed by atoms with Gasteiger partial charge in [0, 0.05) is 16.5 Å². The summed E-state index contributed by atoms with van der Waals surface area (Å²) in [6.07, 6.45) is 0.817. The number of aryl methyl sites for hydroxylation is 1. The number of rotatable bonds is 8. The number of hydrogen-bond acceptors (Lipinski definition) is 10. The number of benzene rings is 1. The van der Waals surface area contributed by atoms with Gasteiger partial charge in [0.2, 0.25) is 0 Å². The van der Waals surface area contributed by atoms with Gasteiger partial charge < -0.3 is 14.8 Å². The summed E-state index contributed by atoms with van der Waals surface area (Å²) < 4.78 is 11.0. The van der Waals surface area contributed by atoms with Gasteiger partial charge in [0.15, 0.2) is 11.6 Å². The SMILES string of the molecule is CC1=CC(=O)N(Nc2nc(-c3cccs3)nc3sc(-c4ccc(OCCNC(=O)OC(C)(C)C)cc4)c(C)c23)C1=O. The fraction of sp³-hybridized carbons (Fsp3) is 0.276. The number of hydrogen-bond donors (Lipinski definition) is 2. The zero-order valence-electron chi connectivity index (χ0n) is 23.2. The monoisotopic (exact) mass is 591 g/mol. The number of carbonyl (C=O) groups excluding carboxylic acids is 3. The first-order valence-corrected chi connectivity index (χ1v) is 14.6. The van der Waals surface area contributed by atoms with E-state index in [2.05, 4.69) is 10.7 Å². The fourth-order valence-corrected chi connectivity index (χ4v) is 5.99. The van der Waals surface area contributed by atoms with Crippen molar-refractivity contribution in [2.24, 2.45) is 0 Å². The maximum absolute atomic E-state index is 12.6. The minimum Gasteiger partial charge on any atom is -0.492 e. The molecule has 0 saturated carbocycles. The number of anilines is 1. The Kier molecular flexibility index (Phi) is 7.78. The highest BCUT2D eigenvalue weighted by atomic mass is 32.1. The standard InChI is InChI=1S/C29H29N5O5S2/c1-16-15-21(35)34(27(16)36)33-25-22-17(2)23(41-26(22)32-24(31-25)20-7-6-14-40-20)18-8-10-19(11-9-18)38-13-12-30-28(37)39-29(3,4)5/h6-11,14-15H,12-13H2,1-5H3,(H,30,37)(H,31,32,33). The van der Waals surface area contributed by atoms with Crippen molar-refractivity contribution < 1.29 is 23.9 Å². The van der Waals surface area contributed by atoms with E-state index in [4.69, 9.17) is 19.4 Å². The molecule has 3 amide bonds. The summed E-state index contributed by atoms with van der Waals surface area (Å²) >= 11 is 3.02. The van der Waals surface area contributed by atoms with Crippen molar-refractivity contribution in [3.8, 4) is 26.9 Å². The van der Waals surface area contributed by atoms with Crippen LogP contribution in [0.25, 0.3) is 31.4 Å². The third kappa shape index (κ3) is 6.23. The summed E-state index contributed by atoms with van der Waals surface area (Å²) in [5.41, 5.74) is 4.64. The molecule has 0 fully saturated rings. The number of aromatic nitrogens is 2. The summed E-state index contributed by atoms with van der Waals surface area (Å²) in [4.78, 5) is 49.0. The van der Waals surface area contributed by atoms with Crippen molar-refractivity contribution >= 4 is 56.6 Å². The number of ether oxygens (including phenoxy) is 2. The molecule has 5 rings (SSSR count). The average molecular weight is 592 g/mol. The lowest BCUT2D eigenvalue weighted by atomic mass is 10.1. The van der Waals surface area contributed by atoms with Crippen molar-refractivity contribution in [3.05, 3.63) is 59.0 Å². The average Bonchev–Trinajstić information content (AvgIpc) is 3.62. The minimum atomic E-state index is -0.557. The van der Waals surface area contributed by atoms with Crippen LogP contribution in [0.1, 0.15) is 33.3 Å². The van der Waals surface area contributed by atoms with E-state index in [-0.39, 0.29) is 0 Å². The molecule has 1 aromatic carbocycles. The first-order valence-electron chi connectivity index (χ1n) is 12.9. The Morgan fingerprint density at radius 1 is 1.07 bits per heavy atom. The van der Waals surface area contributed by atoms with Gasteiger partial charge in [0.1, 0.15) is 22.8 Å².